The van der Waals surface area contributed by atoms with Gasteiger partial charge in [0.15, 0.2) is 0 Å². The first-order valence-electron chi connectivity index (χ1n) is 7.48. The molecule has 1 N–H and O–H groups in total. The van der Waals surface area contributed by atoms with Crippen LogP contribution in [0.3, 0.4) is 0 Å². The largest absolute Gasteiger partial charge is 0.508 e. The minimum atomic E-state index is 0.0760. The maximum absolute atomic E-state index is 9.54. The normalized spacial score (nSPS) is 19.1. The van der Waals surface area contributed by atoms with Crippen LogP contribution in [-0.2, 0) is 5.41 Å². The molecule has 1 heteroatoms. The molecule has 0 bridgehead atoms. The van der Waals surface area contributed by atoms with Gasteiger partial charge in [-0.15, -0.1) is 0 Å². The van der Waals surface area contributed by atoms with Crippen molar-refractivity contribution in [3.8, 4) is 5.75 Å². The van der Waals surface area contributed by atoms with Crippen molar-refractivity contribution in [1.29, 1.82) is 0 Å². The lowest BCUT2D eigenvalue weighted by Gasteiger charge is -2.39. The van der Waals surface area contributed by atoms with Crippen LogP contribution in [0.4, 0.5) is 0 Å². The van der Waals surface area contributed by atoms with Crippen LogP contribution < -0.4 is 0 Å². The summed E-state index contributed by atoms with van der Waals surface area (Å²) in [7, 11) is 0. The predicted molar refractivity (Wildman–Crippen MR) is 86.0 cm³/mol. The van der Waals surface area contributed by atoms with Crippen LogP contribution in [0.1, 0.15) is 44.6 Å². The second-order valence-corrected chi connectivity index (χ2v) is 5.55. The molecule has 0 amide bonds. The van der Waals surface area contributed by atoms with Crippen LogP contribution in [0.25, 0.3) is 0 Å². The number of phenolic OH excluding ortho intramolecular Hbond substituents is 1. The lowest BCUT2D eigenvalue weighted by Crippen LogP contribution is -2.30. The van der Waals surface area contributed by atoms with Gasteiger partial charge in [-0.2, -0.15) is 0 Å². The van der Waals surface area contributed by atoms with Crippen molar-refractivity contribution >= 4 is 0 Å². The quantitative estimate of drug-likeness (QED) is 0.736. The van der Waals surface area contributed by atoms with Gasteiger partial charge in [-0.05, 0) is 43.0 Å². The number of phenols is 1. The average molecular weight is 268 g/mol. The molecular formula is C19H24O. The Morgan fingerprint density at radius 1 is 1.15 bits per heavy atom. The standard InChI is InChI=1S/C19H24O/c1-3-8-16(9-4-2)19(14-6-5-7-15-19)17-10-12-18(20)13-11-17/h3-4,8-13,20H,1,5-7,14-15H2,2H3/b9-4-,16-8+. The van der Waals surface area contributed by atoms with Gasteiger partial charge in [-0.3, -0.25) is 0 Å². The predicted octanol–water partition coefficient (Wildman–Crippen LogP) is 5.28. The molecule has 1 aliphatic rings. The van der Waals surface area contributed by atoms with Crippen molar-refractivity contribution < 1.29 is 5.11 Å². The van der Waals surface area contributed by atoms with Crippen LogP contribution >= 0.6 is 0 Å². The zero-order valence-corrected chi connectivity index (χ0v) is 12.3. The second kappa shape index (κ2) is 6.60. The highest BCUT2D eigenvalue weighted by Gasteiger charge is 2.36. The van der Waals surface area contributed by atoms with E-state index >= 15 is 0 Å². The van der Waals surface area contributed by atoms with Gasteiger partial charge in [0.2, 0.25) is 0 Å². The molecule has 1 aromatic rings. The molecule has 1 aliphatic carbocycles. The molecule has 1 fully saturated rings. The number of aromatic hydroxyl groups is 1. The van der Waals surface area contributed by atoms with Crippen molar-refractivity contribution in [3.05, 3.63) is 66.3 Å². The van der Waals surface area contributed by atoms with Crippen LogP contribution in [-0.4, -0.2) is 5.11 Å². The molecule has 1 aromatic carbocycles. The molecule has 0 saturated heterocycles. The highest BCUT2D eigenvalue weighted by Crippen LogP contribution is 2.45. The van der Waals surface area contributed by atoms with Gasteiger partial charge in [0, 0.05) is 5.41 Å². The van der Waals surface area contributed by atoms with E-state index in [1.807, 2.05) is 6.08 Å². The van der Waals surface area contributed by atoms with E-state index in [-0.39, 0.29) is 5.41 Å². The lowest BCUT2D eigenvalue weighted by atomic mass is 9.64. The van der Waals surface area contributed by atoms with E-state index in [0.717, 1.165) is 0 Å². The van der Waals surface area contributed by atoms with Gasteiger partial charge in [-0.25, -0.2) is 0 Å². The van der Waals surface area contributed by atoms with Crippen molar-refractivity contribution in [1.82, 2.24) is 0 Å². The van der Waals surface area contributed by atoms with Crippen LogP contribution in [0.5, 0.6) is 5.75 Å². The first-order valence-corrected chi connectivity index (χ1v) is 7.48. The molecule has 20 heavy (non-hydrogen) atoms. The van der Waals surface area contributed by atoms with E-state index in [1.54, 1.807) is 12.1 Å². The molecule has 106 valence electrons. The number of rotatable bonds is 4. The zero-order chi connectivity index (χ0) is 14.4. The van der Waals surface area contributed by atoms with Crippen molar-refractivity contribution in [2.24, 2.45) is 0 Å². The number of allylic oxidation sites excluding steroid dienone is 5. The number of hydrogen-bond donors (Lipinski definition) is 1. The molecule has 0 aliphatic heterocycles. The summed E-state index contributed by atoms with van der Waals surface area (Å²) in [6, 6.07) is 7.74. The third kappa shape index (κ3) is 2.87. The molecule has 1 saturated carbocycles. The summed E-state index contributed by atoms with van der Waals surface area (Å²) in [5.74, 6) is 0.333. The Balaban J connectivity index is 2.51. The highest BCUT2D eigenvalue weighted by atomic mass is 16.3. The highest BCUT2D eigenvalue weighted by molar-refractivity contribution is 5.45. The first-order chi connectivity index (χ1) is 9.73. The van der Waals surface area contributed by atoms with E-state index in [9.17, 15) is 5.11 Å². The second-order valence-electron chi connectivity index (χ2n) is 5.55. The fourth-order valence-corrected chi connectivity index (χ4v) is 3.36. The van der Waals surface area contributed by atoms with Crippen LogP contribution in [0, 0.1) is 0 Å². The summed E-state index contributed by atoms with van der Waals surface area (Å²) < 4.78 is 0. The van der Waals surface area contributed by atoms with Crippen molar-refractivity contribution in [2.45, 2.75) is 44.4 Å². The van der Waals surface area contributed by atoms with Crippen LogP contribution in [0.2, 0.25) is 0 Å². The summed E-state index contributed by atoms with van der Waals surface area (Å²) in [6.45, 7) is 5.93. The Hall–Kier alpha value is -1.76. The SMILES string of the molecule is C=C/C=C(\C=C/C)C1(c2ccc(O)cc2)CCCCC1. The Bertz CT molecular complexity index is 499. The molecule has 0 aromatic heterocycles. The van der Waals surface area contributed by atoms with E-state index in [0.29, 0.717) is 5.75 Å². The maximum atomic E-state index is 9.54. The zero-order valence-electron chi connectivity index (χ0n) is 12.3. The topological polar surface area (TPSA) is 20.2 Å². The third-order valence-corrected chi connectivity index (χ3v) is 4.32. The monoisotopic (exact) mass is 268 g/mol. The molecule has 0 spiro atoms. The molecule has 0 atom stereocenters. The number of hydrogen-bond acceptors (Lipinski definition) is 1. The Morgan fingerprint density at radius 3 is 2.35 bits per heavy atom. The third-order valence-electron chi connectivity index (χ3n) is 4.32. The van der Waals surface area contributed by atoms with E-state index < -0.39 is 0 Å². The Morgan fingerprint density at radius 2 is 1.80 bits per heavy atom. The number of benzene rings is 1. The first kappa shape index (κ1) is 14.6. The molecule has 0 radical (unpaired) electrons. The fraction of sp³-hybridized carbons (Fsp3) is 0.368. The summed E-state index contributed by atoms with van der Waals surface area (Å²) >= 11 is 0. The molecule has 0 heterocycles. The Labute approximate surface area is 122 Å². The summed E-state index contributed by atoms with van der Waals surface area (Å²) in [4.78, 5) is 0. The van der Waals surface area contributed by atoms with Crippen molar-refractivity contribution in [3.63, 3.8) is 0 Å². The maximum Gasteiger partial charge on any atom is 0.115 e. The summed E-state index contributed by atoms with van der Waals surface area (Å²) in [6.07, 6.45) is 14.5. The smallest absolute Gasteiger partial charge is 0.115 e. The van der Waals surface area contributed by atoms with Gasteiger partial charge in [0.1, 0.15) is 5.75 Å². The van der Waals surface area contributed by atoms with E-state index in [1.165, 1.54) is 43.2 Å². The molecule has 0 unspecified atom stereocenters. The van der Waals surface area contributed by atoms with E-state index in [4.69, 9.17) is 0 Å². The van der Waals surface area contributed by atoms with E-state index in [2.05, 4.69) is 43.9 Å². The summed E-state index contributed by atoms with van der Waals surface area (Å²) in [5.41, 5.74) is 2.72. The fourth-order valence-electron chi connectivity index (χ4n) is 3.36. The minimum Gasteiger partial charge on any atom is -0.508 e. The average Bonchev–Trinajstić information content (AvgIpc) is 2.48. The van der Waals surface area contributed by atoms with Crippen molar-refractivity contribution in [2.75, 3.05) is 0 Å². The summed E-state index contributed by atoms with van der Waals surface area (Å²) in [5, 5.41) is 9.54. The molecule has 1 nitrogen and oxygen atoms in total. The molecular weight excluding hydrogens is 244 g/mol. The minimum absolute atomic E-state index is 0.0760. The van der Waals surface area contributed by atoms with Gasteiger partial charge in [0.05, 0.1) is 0 Å². The molecule has 2 rings (SSSR count). The van der Waals surface area contributed by atoms with Gasteiger partial charge < -0.3 is 5.11 Å². The van der Waals surface area contributed by atoms with Gasteiger partial charge in [-0.1, -0.05) is 62.3 Å². The lowest BCUT2D eigenvalue weighted by molar-refractivity contribution is 0.344. The Kier molecular flexibility index (Phi) is 4.84. The van der Waals surface area contributed by atoms with Gasteiger partial charge >= 0.3 is 0 Å². The van der Waals surface area contributed by atoms with Gasteiger partial charge in [0.25, 0.3) is 0 Å². The van der Waals surface area contributed by atoms with Crippen LogP contribution in [0.15, 0.2) is 60.7 Å².